The lowest BCUT2D eigenvalue weighted by atomic mass is 10.3. The van der Waals surface area contributed by atoms with Gasteiger partial charge in [-0.3, -0.25) is 0 Å². The average Bonchev–Trinajstić information content (AvgIpc) is 2.13. The molecule has 0 atom stereocenters. The summed E-state index contributed by atoms with van der Waals surface area (Å²) in [5.41, 5.74) is 0. The first-order valence-electron chi connectivity index (χ1n) is 4.19. The summed E-state index contributed by atoms with van der Waals surface area (Å²) in [5.74, 6) is 0.301. The Morgan fingerprint density at radius 1 is 1.21 bits per heavy atom. The van der Waals surface area contributed by atoms with Crippen molar-refractivity contribution < 1.29 is 17.7 Å². The summed E-state index contributed by atoms with van der Waals surface area (Å²) < 4.78 is 35.9. The Labute approximate surface area is 83.3 Å². The van der Waals surface area contributed by atoms with Crippen molar-refractivity contribution in [3.05, 3.63) is 30.3 Å². The number of rotatable bonds is 5. The fraction of sp³-hybridized carbons (Fsp3) is 0.333. The zero-order valence-corrected chi connectivity index (χ0v) is 8.37. The summed E-state index contributed by atoms with van der Waals surface area (Å²) in [5, 5.41) is 0. The normalized spacial score (nSPS) is 11.2. The van der Waals surface area contributed by atoms with Crippen LogP contribution in [-0.2, 0) is 10.1 Å². The van der Waals surface area contributed by atoms with Crippen LogP contribution in [0.25, 0.3) is 0 Å². The van der Waals surface area contributed by atoms with Gasteiger partial charge in [-0.15, -0.1) is 0 Å². The van der Waals surface area contributed by atoms with Gasteiger partial charge in [-0.1, -0.05) is 18.2 Å². The Balaban J connectivity index is 2.23. The van der Waals surface area contributed by atoms with E-state index in [-0.39, 0.29) is 18.8 Å². The molecule has 0 aromatic heterocycles. The summed E-state index contributed by atoms with van der Waals surface area (Å²) in [6.45, 7) is 0.242. The van der Waals surface area contributed by atoms with Crippen LogP contribution in [0.1, 0.15) is 6.42 Å². The first kappa shape index (κ1) is 11.0. The van der Waals surface area contributed by atoms with E-state index in [0.29, 0.717) is 5.75 Å². The Kier molecular flexibility index (Phi) is 3.91. The molecule has 14 heavy (non-hydrogen) atoms. The van der Waals surface area contributed by atoms with Gasteiger partial charge in [-0.05, 0) is 18.6 Å². The van der Waals surface area contributed by atoms with E-state index in [9.17, 15) is 13.0 Å². The van der Waals surface area contributed by atoms with E-state index in [4.69, 9.17) is 4.74 Å². The molecule has 0 spiro atoms. The lowest BCUT2D eigenvalue weighted by Gasteiger charge is -2.07. The molecule has 0 radical (unpaired) electrons. The van der Waals surface area contributed by atoms with E-state index < -0.39 is 10.1 Å². The van der Waals surface area contributed by atoms with Crippen LogP contribution in [0.5, 0.6) is 5.75 Å². The van der Waals surface area contributed by atoms with Gasteiger partial charge in [0.05, 0.1) is 16.7 Å². The van der Waals surface area contributed by atoms with Crippen LogP contribution in [0.15, 0.2) is 30.3 Å². The van der Waals surface area contributed by atoms with Crippen LogP contribution in [0.3, 0.4) is 0 Å². The predicted octanol–water partition coefficient (Wildman–Crippen LogP) is 1.00. The number of hydrogen-bond donors (Lipinski definition) is 0. The molecule has 0 unspecified atom stereocenters. The third-order valence-electron chi connectivity index (χ3n) is 1.55. The minimum Gasteiger partial charge on any atom is -0.748 e. The van der Waals surface area contributed by atoms with Crippen molar-refractivity contribution in [2.45, 2.75) is 6.42 Å². The molecule has 1 aromatic rings. The number of benzene rings is 1. The monoisotopic (exact) mass is 215 g/mol. The van der Waals surface area contributed by atoms with Crippen LogP contribution >= 0.6 is 0 Å². The van der Waals surface area contributed by atoms with E-state index in [1.165, 1.54) is 0 Å². The maximum atomic E-state index is 10.2. The second kappa shape index (κ2) is 4.97. The van der Waals surface area contributed by atoms with Gasteiger partial charge in [-0.25, -0.2) is 8.42 Å². The van der Waals surface area contributed by atoms with Crippen molar-refractivity contribution in [3.8, 4) is 5.75 Å². The Hall–Kier alpha value is -1.07. The Morgan fingerprint density at radius 2 is 1.86 bits per heavy atom. The standard InChI is InChI=1S/C9H12O4S/c10-14(11,12)8-4-7-13-9-5-2-1-3-6-9/h1-3,5-6H,4,7-8H2,(H,10,11,12)/p-1. The molecule has 0 N–H and O–H groups in total. The topological polar surface area (TPSA) is 66.4 Å². The summed E-state index contributed by atoms with van der Waals surface area (Å²) >= 11 is 0. The molecule has 0 saturated heterocycles. The van der Waals surface area contributed by atoms with Gasteiger partial charge >= 0.3 is 0 Å². The zero-order valence-electron chi connectivity index (χ0n) is 7.55. The maximum Gasteiger partial charge on any atom is 0.119 e. The van der Waals surface area contributed by atoms with Crippen LogP contribution in [0, 0.1) is 0 Å². The first-order valence-corrected chi connectivity index (χ1v) is 5.77. The number of para-hydroxylation sites is 1. The van der Waals surface area contributed by atoms with Crippen molar-refractivity contribution in [2.75, 3.05) is 12.4 Å². The van der Waals surface area contributed by atoms with Gasteiger partial charge in [0.15, 0.2) is 0 Å². The van der Waals surface area contributed by atoms with Crippen LogP contribution in [0.4, 0.5) is 0 Å². The summed E-state index contributed by atoms with van der Waals surface area (Å²) in [6, 6.07) is 9.03. The van der Waals surface area contributed by atoms with E-state index in [1.54, 1.807) is 12.1 Å². The molecular formula is C9H11O4S-. The molecule has 0 fully saturated rings. The highest BCUT2D eigenvalue weighted by molar-refractivity contribution is 7.85. The molecule has 78 valence electrons. The minimum absolute atomic E-state index is 0.223. The van der Waals surface area contributed by atoms with E-state index >= 15 is 0 Å². The number of hydrogen-bond acceptors (Lipinski definition) is 4. The van der Waals surface area contributed by atoms with E-state index in [2.05, 4.69) is 0 Å². The Morgan fingerprint density at radius 3 is 2.43 bits per heavy atom. The minimum atomic E-state index is -4.11. The summed E-state index contributed by atoms with van der Waals surface area (Å²) in [4.78, 5) is 0. The second-order valence-corrected chi connectivity index (χ2v) is 4.30. The quantitative estimate of drug-likeness (QED) is 0.543. The van der Waals surface area contributed by atoms with Crippen molar-refractivity contribution >= 4 is 10.1 Å². The lowest BCUT2D eigenvalue weighted by Crippen LogP contribution is -2.08. The van der Waals surface area contributed by atoms with Gasteiger partial charge in [0, 0.05) is 5.75 Å². The highest BCUT2D eigenvalue weighted by Gasteiger charge is 1.96. The van der Waals surface area contributed by atoms with Gasteiger partial charge in [0.1, 0.15) is 5.75 Å². The van der Waals surface area contributed by atoms with Crippen molar-refractivity contribution in [1.29, 1.82) is 0 Å². The molecule has 4 nitrogen and oxygen atoms in total. The van der Waals surface area contributed by atoms with Gasteiger partial charge in [0.25, 0.3) is 0 Å². The van der Waals surface area contributed by atoms with Gasteiger partial charge in [0.2, 0.25) is 0 Å². The molecule has 0 bridgehead atoms. The smallest absolute Gasteiger partial charge is 0.119 e. The van der Waals surface area contributed by atoms with Crippen molar-refractivity contribution in [2.24, 2.45) is 0 Å². The SMILES string of the molecule is O=S(=O)([O-])CCCOc1ccccc1. The third-order valence-corrected chi connectivity index (χ3v) is 2.34. The van der Waals surface area contributed by atoms with Crippen molar-refractivity contribution in [3.63, 3.8) is 0 Å². The number of ether oxygens (including phenoxy) is 1. The summed E-state index contributed by atoms with van der Waals surface area (Å²) in [7, 11) is -4.11. The largest absolute Gasteiger partial charge is 0.748 e. The van der Waals surface area contributed by atoms with E-state index in [0.717, 1.165) is 0 Å². The van der Waals surface area contributed by atoms with E-state index in [1.807, 2.05) is 18.2 Å². The molecule has 0 aliphatic carbocycles. The third kappa shape index (κ3) is 4.84. The Bertz CT molecular complexity index is 358. The fourth-order valence-electron chi connectivity index (χ4n) is 0.942. The lowest BCUT2D eigenvalue weighted by molar-refractivity contribution is 0.315. The highest BCUT2D eigenvalue weighted by atomic mass is 32.2. The van der Waals surface area contributed by atoms with Gasteiger partial charge < -0.3 is 9.29 Å². The molecule has 0 amide bonds. The van der Waals surface area contributed by atoms with Crippen molar-refractivity contribution in [1.82, 2.24) is 0 Å². The molecule has 0 saturated carbocycles. The summed E-state index contributed by atoms with van der Waals surface area (Å²) in [6.07, 6.45) is 0.223. The molecule has 0 aliphatic rings. The zero-order chi connectivity index (χ0) is 10.4. The van der Waals surface area contributed by atoms with Gasteiger partial charge in [-0.2, -0.15) is 0 Å². The highest BCUT2D eigenvalue weighted by Crippen LogP contribution is 2.08. The molecule has 1 aromatic carbocycles. The first-order chi connectivity index (χ1) is 6.58. The molecular weight excluding hydrogens is 204 g/mol. The van der Waals surface area contributed by atoms with Crippen LogP contribution in [0.2, 0.25) is 0 Å². The fourth-order valence-corrected chi connectivity index (χ4v) is 1.41. The molecule has 1 rings (SSSR count). The maximum absolute atomic E-state index is 10.2. The second-order valence-electron chi connectivity index (χ2n) is 2.78. The molecule has 5 heteroatoms. The molecule has 0 aliphatic heterocycles. The molecule has 0 heterocycles. The average molecular weight is 215 g/mol. The van der Waals surface area contributed by atoms with Crippen LogP contribution in [-0.4, -0.2) is 25.3 Å². The predicted molar refractivity (Wildman–Crippen MR) is 51.1 cm³/mol. The van der Waals surface area contributed by atoms with Crippen LogP contribution < -0.4 is 4.74 Å².